The standard InChI is InChI=1S/C19H20N4O/c1-14-13-17(22-23(14)2)20-19(24)21-18(15-9-5-3-6-10-15)16-11-7-4-8-12-16/h3-13,18H,1-2H3,(H2,20,21,22,24). The van der Waals surface area contributed by atoms with Gasteiger partial charge in [0.1, 0.15) is 0 Å². The smallest absolute Gasteiger partial charge is 0.321 e. The van der Waals surface area contributed by atoms with Crippen molar-refractivity contribution in [1.29, 1.82) is 0 Å². The summed E-state index contributed by atoms with van der Waals surface area (Å²) < 4.78 is 1.72. The molecule has 0 aliphatic heterocycles. The lowest BCUT2D eigenvalue weighted by atomic mass is 9.99. The molecule has 122 valence electrons. The second-order valence-corrected chi connectivity index (χ2v) is 5.65. The molecule has 5 nitrogen and oxygen atoms in total. The number of aryl methyl sites for hydroxylation is 2. The van der Waals surface area contributed by atoms with Gasteiger partial charge < -0.3 is 5.32 Å². The molecule has 3 rings (SSSR count). The Balaban J connectivity index is 1.80. The van der Waals surface area contributed by atoms with Crippen molar-refractivity contribution < 1.29 is 4.79 Å². The van der Waals surface area contributed by atoms with Crippen molar-refractivity contribution in [3.63, 3.8) is 0 Å². The molecule has 0 spiro atoms. The lowest BCUT2D eigenvalue weighted by Gasteiger charge is -2.19. The minimum Gasteiger partial charge on any atom is -0.327 e. The fourth-order valence-electron chi connectivity index (χ4n) is 2.56. The number of aromatic nitrogens is 2. The minimum absolute atomic E-state index is 0.225. The maximum atomic E-state index is 12.4. The number of nitrogens with one attached hydrogen (secondary N) is 2. The van der Waals surface area contributed by atoms with Crippen LogP contribution in [0.3, 0.4) is 0 Å². The number of hydrogen-bond donors (Lipinski definition) is 2. The first-order valence-corrected chi connectivity index (χ1v) is 7.81. The number of carbonyl (C=O) groups excluding carboxylic acids is 1. The van der Waals surface area contributed by atoms with Crippen molar-refractivity contribution in [1.82, 2.24) is 15.1 Å². The Labute approximate surface area is 141 Å². The minimum atomic E-state index is -0.286. The first-order chi connectivity index (χ1) is 11.6. The zero-order chi connectivity index (χ0) is 16.9. The molecule has 0 saturated carbocycles. The van der Waals surface area contributed by atoms with Crippen LogP contribution in [-0.4, -0.2) is 15.8 Å². The molecule has 2 aromatic carbocycles. The number of amides is 2. The van der Waals surface area contributed by atoms with Gasteiger partial charge in [-0.2, -0.15) is 5.10 Å². The summed E-state index contributed by atoms with van der Waals surface area (Å²) in [5.41, 5.74) is 3.03. The zero-order valence-corrected chi connectivity index (χ0v) is 13.7. The van der Waals surface area contributed by atoms with Gasteiger partial charge in [-0.1, -0.05) is 60.7 Å². The number of hydrogen-bond acceptors (Lipinski definition) is 2. The van der Waals surface area contributed by atoms with Crippen LogP contribution in [0.4, 0.5) is 10.6 Å². The van der Waals surface area contributed by atoms with Crippen LogP contribution in [0.5, 0.6) is 0 Å². The van der Waals surface area contributed by atoms with Gasteiger partial charge in [0.15, 0.2) is 5.82 Å². The molecule has 0 atom stereocenters. The van der Waals surface area contributed by atoms with Crippen molar-refractivity contribution in [3.05, 3.63) is 83.6 Å². The van der Waals surface area contributed by atoms with E-state index in [0.29, 0.717) is 5.82 Å². The average molecular weight is 320 g/mol. The van der Waals surface area contributed by atoms with Crippen molar-refractivity contribution in [2.45, 2.75) is 13.0 Å². The molecule has 0 saturated heterocycles. The highest BCUT2D eigenvalue weighted by Crippen LogP contribution is 2.21. The summed E-state index contributed by atoms with van der Waals surface area (Å²) in [6, 6.07) is 21.1. The molecule has 5 heteroatoms. The summed E-state index contributed by atoms with van der Waals surface area (Å²) in [4.78, 5) is 12.4. The van der Waals surface area contributed by atoms with Gasteiger partial charge in [-0.05, 0) is 18.1 Å². The third kappa shape index (κ3) is 3.63. The number of anilines is 1. The highest BCUT2D eigenvalue weighted by atomic mass is 16.2. The summed E-state index contributed by atoms with van der Waals surface area (Å²) in [7, 11) is 1.84. The largest absolute Gasteiger partial charge is 0.327 e. The van der Waals surface area contributed by atoms with E-state index in [-0.39, 0.29) is 12.1 Å². The number of urea groups is 1. The molecule has 2 amide bonds. The lowest BCUT2D eigenvalue weighted by Crippen LogP contribution is -2.33. The molecule has 0 aliphatic carbocycles. The third-order valence-corrected chi connectivity index (χ3v) is 3.90. The average Bonchev–Trinajstić information content (AvgIpc) is 2.91. The maximum Gasteiger partial charge on any atom is 0.321 e. The van der Waals surface area contributed by atoms with Gasteiger partial charge in [-0.25, -0.2) is 4.79 Å². The number of benzene rings is 2. The first-order valence-electron chi connectivity index (χ1n) is 7.81. The first kappa shape index (κ1) is 15.8. The summed E-state index contributed by atoms with van der Waals surface area (Å²) in [6.45, 7) is 1.94. The molecular weight excluding hydrogens is 300 g/mol. The molecule has 0 radical (unpaired) electrons. The van der Waals surface area contributed by atoms with E-state index in [0.717, 1.165) is 16.8 Å². The summed E-state index contributed by atoms with van der Waals surface area (Å²) in [6.07, 6.45) is 0. The third-order valence-electron chi connectivity index (χ3n) is 3.90. The van der Waals surface area contributed by atoms with Gasteiger partial charge in [0.2, 0.25) is 0 Å². The molecule has 0 fully saturated rings. The molecule has 2 N–H and O–H groups in total. The van der Waals surface area contributed by atoms with E-state index >= 15 is 0 Å². The van der Waals surface area contributed by atoms with Crippen molar-refractivity contribution in [2.24, 2.45) is 7.05 Å². The lowest BCUT2D eigenvalue weighted by molar-refractivity contribution is 0.250. The van der Waals surface area contributed by atoms with Crippen molar-refractivity contribution in [2.75, 3.05) is 5.32 Å². The van der Waals surface area contributed by atoms with Crippen LogP contribution >= 0.6 is 0 Å². The Hall–Kier alpha value is -3.08. The Kier molecular flexibility index (Phi) is 4.61. The van der Waals surface area contributed by atoms with Crippen molar-refractivity contribution in [3.8, 4) is 0 Å². The Bertz CT molecular complexity index is 753. The summed E-state index contributed by atoms with van der Waals surface area (Å²) >= 11 is 0. The summed E-state index contributed by atoms with van der Waals surface area (Å²) in [5.74, 6) is 0.535. The van der Waals surface area contributed by atoms with Crippen LogP contribution in [0.15, 0.2) is 66.7 Å². The van der Waals surface area contributed by atoms with E-state index in [1.165, 1.54) is 0 Å². The van der Waals surface area contributed by atoms with Crippen LogP contribution in [-0.2, 0) is 7.05 Å². The highest BCUT2D eigenvalue weighted by Gasteiger charge is 2.17. The Morgan fingerprint density at radius 3 is 2.00 bits per heavy atom. The van der Waals surface area contributed by atoms with Crippen LogP contribution < -0.4 is 10.6 Å². The Morgan fingerprint density at radius 2 is 1.54 bits per heavy atom. The van der Waals surface area contributed by atoms with E-state index in [2.05, 4.69) is 15.7 Å². The summed E-state index contributed by atoms with van der Waals surface area (Å²) in [5, 5.41) is 10.1. The van der Waals surface area contributed by atoms with Crippen LogP contribution in [0.25, 0.3) is 0 Å². The van der Waals surface area contributed by atoms with E-state index in [9.17, 15) is 4.79 Å². The van der Waals surface area contributed by atoms with Crippen LogP contribution in [0.2, 0.25) is 0 Å². The maximum absolute atomic E-state index is 12.4. The quantitative estimate of drug-likeness (QED) is 0.771. The topological polar surface area (TPSA) is 59.0 Å². The number of nitrogens with zero attached hydrogens (tertiary/aromatic N) is 2. The van der Waals surface area contributed by atoms with Crippen LogP contribution in [0, 0.1) is 6.92 Å². The van der Waals surface area contributed by atoms with E-state index in [1.807, 2.05) is 80.7 Å². The van der Waals surface area contributed by atoms with Crippen LogP contribution in [0.1, 0.15) is 22.9 Å². The molecule has 24 heavy (non-hydrogen) atoms. The number of rotatable bonds is 4. The molecule has 0 unspecified atom stereocenters. The van der Waals surface area contributed by atoms with Gasteiger partial charge in [0.05, 0.1) is 6.04 Å². The second-order valence-electron chi connectivity index (χ2n) is 5.65. The SMILES string of the molecule is Cc1cc(NC(=O)NC(c2ccccc2)c2ccccc2)nn1C. The fraction of sp³-hybridized carbons (Fsp3) is 0.158. The number of carbonyl (C=O) groups is 1. The van der Waals surface area contributed by atoms with Gasteiger partial charge in [0.25, 0.3) is 0 Å². The van der Waals surface area contributed by atoms with Gasteiger partial charge >= 0.3 is 6.03 Å². The predicted molar refractivity (Wildman–Crippen MR) is 94.8 cm³/mol. The van der Waals surface area contributed by atoms with Gasteiger partial charge in [0, 0.05) is 18.8 Å². The van der Waals surface area contributed by atoms with Gasteiger partial charge in [-0.15, -0.1) is 0 Å². The van der Waals surface area contributed by atoms with E-state index < -0.39 is 0 Å². The highest BCUT2D eigenvalue weighted by molar-refractivity contribution is 5.88. The molecule has 3 aromatic rings. The fourth-order valence-corrected chi connectivity index (χ4v) is 2.56. The monoisotopic (exact) mass is 320 g/mol. The van der Waals surface area contributed by atoms with E-state index in [1.54, 1.807) is 4.68 Å². The zero-order valence-electron chi connectivity index (χ0n) is 13.7. The molecule has 1 heterocycles. The molecule has 0 bridgehead atoms. The molecular formula is C19H20N4O. The molecule has 1 aromatic heterocycles. The van der Waals surface area contributed by atoms with E-state index in [4.69, 9.17) is 0 Å². The predicted octanol–water partition coefficient (Wildman–Crippen LogP) is 3.64. The van der Waals surface area contributed by atoms with Gasteiger partial charge in [-0.3, -0.25) is 10.00 Å². The molecule has 0 aliphatic rings. The normalized spacial score (nSPS) is 10.6. The Morgan fingerprint density at radius 1 is 1.00 bits per heavy atom. The van der Waals surface area contributed by atoms with Crippen molar-refractivity contribution >= 4 is 11.8 Å². The second kappa shape index (κ2) is 7.00.